The Balaban J connectivity index is 2.27. The fraction of sp³-hybridized carbons (Fsp3) is 0.409. The minimum atomic E-state index is -3.86. The fourth-order valence-corrected chi connectivity index (χ4v) is 4.20. The number of nitrogens with one attached hydrogen (secondary N) is 1. The Kier molecular flexibility index (Phi) is 7.47. The normalized spacial score (nSPS) is 12.5. The molecule has 0 aliphatic rings. The lowest BCUT2D eigenvalue weighted by molar-refractivity contribution is -0.120. The van der Waals surface area contributed by atoms with Gasteiger partial charge in [0.25, 0.3) is 0 Å². The van der Waals surface area contributed by atoms with Crippen molar-refractivity contribution in [3.8, 4) is 5.75 Å². The predicted octanol–water partition coefficient (Wildman–Crippen LogP) is 3.91. The van der Waals surface area contributed by atoms with Gasteiger partial charge in [0.2, 0.25) is 15.9 Å². The van der Waals surface area contributed by atoms with Crippen molar-refractivity contribution in [1.82, 2.24) is 5.32 Å². The molecular formula is C22H29FN2O4S. The summed E-state index contributed by atoms with van der Waals surface area (Å²) in [5.74, 6) is -0.231. The van der Waals surface area contributed by atoms with Crippen LogP contribution in [0.5, 0.6) is 5.75 Å². The number of hydrogen-bond acceptors (Lipinski definition) is 4. The average Bonchev–Trinajstić information content (AvgIpc) is 2.65. The molecule has 8 heteroatoms. The maximum Gasteiger partial charge on any atom is 0.241 e. The fourth-order valence-electron chi connectivity index (χ4n) is 3.34. The van der Waals surface area contributed by atoms with Crippen LogP contribution in [0.3, 0.4) is 0 Å². The van der Waals surface area contributed by atoms with Crippen molar-refractivity contribution in [3.05, 3.63) is 58.9 Å². The molecule has 0 aromatic heterocycles. The molecule has 0 aliphatic carbocycles. The van der Waals surface area contributed by atoms with Crippen LogP contribution in [0.25, 0.3) is 0 Å². The molecule has 30 heavy (non-hydrogen) atoms. The quantitative estimate of drug-likeness (QED) is 0.681. The first-order valence-electron chi connectivity index (χ1n) is 9.65. The first-order chi connectivity index (χ1) is 14.0. The average molecular weight is 437 g/mol. The van der Waals surface area contributed by atoms with Gasteiger partial charge in [-0.05, 0) is 60.7 Å². The monoisotopic (exact) mass is 436 g/mol. The van der Waals surface area contributed by atoms with Crippen LogP contribution in [0.15, 0.2) is 36.4 Å². The molecule has 2 aromatic carbocycles. The van der Waals surface area contributed by atoms with E-state index in [2.05, 4.69) is 19.2 Å². The summed E-state index contributed by atoms with van der Waals surface area (Å²) < 4.78 is 44.7. The lowest BCUT2D eigenvalue weighted by atomic mass is 9.93. The van der Waals surface area contributed by atoms with Crippen molar-refractivity contribution >= 4 is 21.6 Å². The van der Waals surface area contributed by atoms with Crippen LogP contribution in [0.2, 0.25) is 0 Å². The van der Waals surface area contributed by atoms with Gasteiger partial charge >= 0.3 is 0 Å². The van der Waals surface area contributed by atoms with Crippen LogP contribution in [0, 0.1) is 12.7 Å². The molecule has 0 heterocycles. The lowest BCUT2D eigenvalue weighted by Gasteiger charge is -2.25. The number of hydrogen-bond donors (Lipinski definition) is 1. The van der Waals surface area contributed by atoms with Crippen LogP contribution in [-0.2, 0) is 14.8 Å². The van der Waals surface area contributed by atoms with E-state index in [1.165, 1.54) is 18.2 Å². The highest BCUT2D eigenvalue weighted by atomic mass is 32.2. The summed E-state index contributed by atoms with van der Waals surface area (Å²) in [6.45, 7) is 7.34. The number of anilines is 1. The molecule has 0 unspecified atom stereocenters. The molecule has 0 spiro atoms. The van der Waals surface area contributed by atoms with Gasteiger partial charge in [0, 0.05) is 0 Å². The molecule has 164 valence electrons. The second kappa shape index (κ2) is 9.47. The van der Waals surface area contributed by atoms with Gasteiger partial charge in [-0.15, -0.1) is 0 Å². The van der Waals surface area contributed by atoms with E-state index in [0.29, 0.717) is 0 Å². The second-order valence-corrected chi connectivity index (χ2v) is 9.52. The zero-order valence-electron chi connectivity index (χ0n) is 18.2. The number of carbonyl (C=O) groups is 1. The maximum absolute atomic E-state index is 14.1. The summed E-state index contributed by atoms with van der Waals surface area (Å²) in [5, 5.41) is 2.82. The van der Waals surface area contributed by atoms with Crippen molar-refractivity contribution in [2.24, 2.45) is 0 Å². The number of rotatable bonds is 8. The summed E-state index contributed by atoms with van der Waals surface area (Å²) in [4.78, 5) is 12.7. The molecule has 1 atom stereocenters. The van der Waals surface area contributed by atoms with Crippen LogP contribution in [0.1, 0.15) is 49.4 Å². The van der Waals surface area contributed by atoms with Crippen molar-refractivity contribution in [1.29, 1.82) is 0 Å². The van der Waals surface area contributed by atoms with Crippen LogP contribution in [0.4, 0.5) is 10.1 Å². The number of carbonyl (C=O) groups excluding carboxylic acids is 1. The molecule has 2 aromatic rings. The summed E-state index contributed by atoms with van der Waals surface area (Å²) >= 11 is 0. The van der Waals surface area contributed by atoms with E-state index in [4.69, 9.17) is 4.74 Å². The summed E-state index contributed by atoms with van der Waals surface area (Å²) in [7, 11) is -2.24. The molecule has 0 bridgehead atoms. The third-order valence-corrected chi connectivity index (χ3v) is 6.02. The van der Waals surface area contributed by atoms with Gasteiger partial charge in [0.1, 0.15) is 18.1 Å². The van der Waals surface area contributed by atoms with E-state index in [-0.39, 0.29) is 17.6 Å². The van der Waals surface area contributed by atoms with Crippen molar-refractivity contribution < 1.29 is 22.3 Å². The highest BCUT2D eigenvalue weighted by Crippen LogP contribution is 2.32. The third-order valence-electron chi connectivity index (χ3n) is 4.89. The van der Waals surface area contributed by atoms with Crippen LogP contribution >= 0.6 is 0 Å². The number of sulfonamides is 1. The number of amides is 1. The van der Waals surface area contributed by atoms with Gasteiger partial charge in [0.05, 0.1) is 25.1 Å². The van der Waals surface area contributed by atoms with Crippen LogP contribution in [-0.4, -0.2) is 34.2 Å². The number of para-hydroxylation sites is 1. The van der Waals surface area contributed by atoms with E-state index < -0.39 is 28.3 Å². The number of methoxy groups -OCH3 is 1. The molecule has 2 rings (SSSR count). The van der Waals surface area contributed by atoms with Gasteiger partial charge in [-0.3, -0.25) is 9.10 Å². The van der Waals surface area contributed by atoms with Gasteiger partial charge in [-0.2, -0.15) is 0 Å². The van der Waals surface area contributed by atoms with Crippen LogP contribution < -0.4 is 14.4 Å². The van der Waals surface area contributed by atoms with E-state index in [9.17, 15) is 17.6 Å². The zero-order chi connectivity index (χ0) is 22.6. The topological polar surface area (TPSA) is 75.7 Å². The molecular weight excluding hydrogens is 407 g/mol. The Morgan fingerprint density at radius 3 is 2.33 bits per heavy atom. The number of ether oxygens (including phenoxy) is 1. The van der Waals surface area contributed by atoms with E-state index in [0.717, 1.165) is 39.1 Å². The molecule has 0 saturated heterocycles. The van der Waals surface area contributed by atoms with Gasteiger partial charge in [-0.25, -0.2) is 12.8 Å². The highest BCUT2D eigenvalue weighted by molar-refractivity contribution is 7.92. The smallest absolute Gasteiger partial charge is 0.241 e. The number of benzene rings is 2. The lowest BCUT2D eigenvalue weighted by Crippen LogP contribution is -2.41. The summed E-state index contributed by atoms with van der Waals surface area (Å²) in [6.07, 6.45) is 0.943. The van der Waals surface area contributed by atoms with Gasteiger partial charge in [-0.1, -0.05) is 26.0 Å². The first-order valence-corrected chi connectivity index (χ1v) is 11.5. The standard InChI is InChI=1S/C22H29FN2O4S/c1-14(2)17-12-18(15(3)11-21(17)29-5)16(4)24-22(26)13-25(30(6,27)28)20-10-8-7-9-19(20)23/h7-12,14,16H,13H2,1-6H3,(H,24,26)/t16-/m1/s1. The summed E-state index contributed by atoms with van der Waals surface area (Å²) in [6, 6.07) is 9.01. The Morgan fingerprint density at radius 2 is 1.80 bits per heavy atom. The van der Waals surface area contributed by atoms with E-state index in [1.807, 2.05) is 26.0 Å². The third kappa shape index (κ3) is 5.50. The molecule has 0 aliphatic heterocycles. The maximum atomic E-state index is 14.1. The summed E-state index contributed by atoms with van der Waals surface area (Å²) in [5.41, 5.74) is 2.71. The van der Waals surface area contributed by atoms with Crippen molar-refractivity contribution in [2.75, 3.05) is 24.2 Å². The Labute approximate surface area is 178 Å². The highest BCUT2D eigenvalue weighted by Gasteiger charge is 2.25. The molecule has 0 fully saturated rings. The molecule has 1 amide bonds. The van der Waals surface area contributed by atoms with E-state index in [1.54, 1.807) is 7.11 Å². The molecule has 6 nitrogen and oxygen atoms in total. The Hall–Kier alpha value is -2.61. The minimum absolute atomic E-state index is 0.162. The zero-order valence-corrected chi connectivity index (χ0v) is 19.0. The largest absolute Gasteiger partial charge is 0.496 e. The first kappa shape index (κ1) is 23.7. The number of nitrogens with zero attached hydrogens (tertiary/aromatic N) is 1. The Morgan fingerprint density at radius 1 is 1.17 bits per heavy atom. The minimum Gasteiger partial charge on any atom is -0.496 e. The van der Waals surface area contributed by atoms with Gasteiger partial charge < -0.3 is 10.1 Å². The van der Waals surface area contributed by atoms with Gasteiger partial charge in [0.15, 0.2) is 0 Å². The molecule has 0 saturated carbocycles. The number of aryl methyl sites for hydroxylation is 1. The van der Waals surface area contributed by atoms with Crippen molar-refractivity contribution in [2.45, 2.75) is 39.7 Å². The second-order valence-electron chi connectivity index (χ2n) is 7.62. The Bertz CT molecular complexity index is 1020. The van der Waals surface area contributed by atoms with E-state index >= 15 is 0 Å². The molecule has 0 radical (unpaired) electrons. The predicted molar refractivity (Wildman–Crippen MR) is 117 cm³/mol. The van der Waals surface area contributed by atoms with Crippen molar-refractivity contribution in [3.63, 3.8) is 0 Å². The molecule has 1 N–H and O–H groups in total. The number of halogens is 1. The SMILES string of the molecule is COc1cc(C)c([C@@H](C)NC(=O)CN(c2ccccc2F)S(C)(=O)=O)cc1C(C)C.